The Hall–Kier alpha value is -3.35. The van der Waals surface area contributed by atoms with Crippen molar-refractivity contribution < 1.29 is 9.13 Å². The van der Waals surface area contributed by atoms with Crippen molar-refractivity contribution in [2.75, 3.05) is 48.4 Å². The van der Waals surface area contributed by atoms with Crippen LogP contribution in [0.2, 0.25) is 0 Å². The van der Waals surface area contributed by atoms with Crippen LogP contribution in [0.5, 0.6) is 5.75 Å². The molecule has 7 heteroatoms. The molecule has 1 saturated heterocycles. The first-order valence-electron chi connectivity index (χ1n) is 9.21. The smallest absolute Gasteiger partial charge is 0.227 e. The van der Waals surface area contributed by atoms with Crippen molar-refractivity contribution in [1.29, 1.82) is 0 Å². The summed E-state index contributed by atoms with van der Waals surface area (Å²) >= 11 is 0. The monoisotopic (exact) mass is 379 g/mol. The summed E-state index contributed by atoms with van der Waals surface area (Å²) in [4.78, 5) is 13.5. The van der Waals surface area contributed by atoms with Crippen molar-refractivity contribution >= 4 is 23.1 Å². The second-order valence-electron chi connectivity index (χ2n) is 6.52. The number of anilines is 4. The van der Waals surface area contributed by atoms with Crippen LogP contribution in [0, 0.1) is 5.82 Å². The van der Waals surface area contributed by atoms with Crippen LogP contribution >= 0.6 is 0 Å². The third-order valence-corrected chi connectivity index (χ3v) is 4.73. The molecule has 0 aliphatic carbocycles. The largest absolute Gasteiger partial charge is 0.495 e. The minimum absolute atomic E-state index is 0.285. The van der Waals surface area contributed by atoms with Gasteiger partial charge in [-0.15, -0.1) is 0 Å². The Labute approximate surface area is 163 Å². The van der Waals surface area contributed by atoms with Gasteiger partial charge in [0.1, 0.15) is 17.4 Å². The van der Waals surface area contributed by atoms with E-state index >= 15 is 0 Å². The molecule has 2 heterocycles. The molecule has 0 radical (unpaired) electrons. The second kappa shape index (κ2) is 8.12. The van der Waals surface area contributed by atoms with Crippen LogP contribution in [0.3, 0.4) is 0 Å². The highest BCUT2D eigenvalue weighted by atomic mass is 19.1. The van der Waals surface area contributed by atoms with Gasteiger partial charge in [0.25, 0.3) is 0 Å². The zero-order valence-electron chi connectivity index (χ0n) is 15.7. The van der Waals surface area contributed by atoms with E-state index in [-0.39, 0.29) is 5.82 Å². The van der Waals surface area contributed by atoms with E-state index in [1.54, 1.807) is 31.5 Å². The van der Waals surface area contributed by atoms with E-state index < -0.39 is 0 Å². The molecule has 28 heavy (non-hydrogen) atoms. The van der Waals surface area contributed by atoms with Crippen LogP contribution in [0.25, 0.3) is 0 Å². The quantitative estimate of drug-likeness (QED) is 0.730. The number of rotatable bonds is 5. The Balaban J connectivity index is 1.43. The maximum Gasteiger partial charge on any atom is 0.227 e. The van der Waals surface area contributed by atoms with E-state index in [0.29, 0.717) is 17.5 Å². The maximum absolute atomic E-state index is 13.4. The lowest BCUT2D eigenvalue weighted by Crippen LogP contribution is -2.47. The summed E-state index contributed by atoms with van der Waals surface area (Å²) < 4.78 is 18.9. The van der Waals surface area contributed by atoms with E-state index in [0.717, 1.165) is 37.6 Å². The summed E-state index contributed by atoms with van der Waals surface area (Å²) in [5, 5.41) is 3.13. The molecule has 0 atom stereocenters. The van der Waals surface area contributed by atoms with Gasteiger partial charge in [0.05, 0.1) is 12.8 Å². The number of piperazine rings is 1. The SMILES string of the molecule is COc1ccccc1N1CCN(c2nccc(Nc3cccc(F)c3)n2)CC1. The van der Waals surface area contributed by atoms with Crippen molar-refractivity contribution in [3.05, 3.63) is 66.6 Å². The fourth-order valence-corrected chi connectivity index (χ4v) is 3.32. The molecule has 3 aromatic rings. The van der Waals surface area contributed by atoms with Crippen molar-refractivity contribution in [3.63, 3.8) is 0 Å². The van der Waals surface area contributed by atoms with Gasteiger partial charge in [0, 0.05) is 38.1 Å². The number of ether oxygens (including phenoxy) is 1. The zero-order chi connectivity index (χ0) is 19.3. The molecular weight excluding hydrogens is 357 g/mol. The molecule has 1 aliphatic heterocycles. The predicted molar refractivity (Wildman–Crippen MR) is 109 cm³/mol. The summed E-state index contributed by atoms with van der Waals surface area (Å²) in [6.07, 6.45) is 1.72. The molecule has 6 nitrogen and oxygen atoms in total. The minimum Gasteiger partial charge on any atom is -0.495 e. The van der Waals surface area contributed by atoms with E-state index in [2.05, 4.69) is 31.2 Å². The standard InChI is InChI=1S/C21H22FN5O/c1-28-19-8-3-2-7-18(19)26-11-13-27(14-12-26)21-23-10-9-20(25-21)24-17-6-4-5-16(22)15-17/h2-10,15H,11-14H2,1H3,(H,23,24,25). The second-order valence-corrected chi connectivity index (χ2v) is 6.52. The Morgan fingerprint density at radius 3 is 2.54 bits per heavy atom. The highest BCUT2D eigenvalue weighted by molar-refractivity contribution is 5.60. The van der Waals surface area contributed by atoms with Gasteiger partial charge in [-0.25, -0.2) is 9.37 Å². The third-order valence-electron chi connectivity index (χ3n) is 4.73. The summed E-state index contributed by atoms with van der Waals surface area (Å²) in [5.74, 6) is 1.91. The average Bonchev–Trinajstić information content (AvgIpc) is 2.74. The molecule has 0 bridgehead atoms. The Kier molecular flexibility index (Phi) is 5.23. The molecule has 2 aromatic carbocycles. The molecule has 1 N–H and O–H groups in total. The molecule has 1 aromatic heterocycles. The van der Waals surface area contributed by atoms with E-state index in [9.17, 15) is 4.39 Å². The third kappa shape index (κ3) is 3.98. The molecule has 0 amide bonds. The number of halogens is 1. The predicted octanol–water partition coefficient (Wildman–Crippen LogP) is 3.69. The molecule has 1 fully saturated rings. The number of methoxy groups -OCH3 is 1. The summed E-state index contributed by atoms with van der Waals surface area (Å²) in [7, 11) is 1.69. The first-order valence-corrected chi connectivity index (χ1v) is 9.21. The molecule has 0 saturated carbocycles. The lowest BCUT2D eigenvalue weighted by Gasteiger charge is -2.36. The number of hydrogen-bond acceptors (Lipinski definition) is 6. The Morgan fingerprint density at radius 2 is 1.75 bits per heavy atom. The summed E-state index contributed by atoms with van der Waals surface area (Å²) in [6, 6.07) is 16.2. The fraction of sp³-hybridized carbons (Fsp3) is 0.238. The number of para-hydroxylation sites is 2. The maximum atomic E-state index is 13.4. The van der Waals surface area contributed by atoms with Crippen molar-refractivity contribution in [1.82, 2.24) is 9.97 Å². The fourth-order valence-electron chi connectivity index (χ4n) is 3.32. The van der Waals surface area contributed by atoms with Crippen molar-refractivity contribution in [2.45, 2.75) is 0 Å². The van der Waals surface area contributed by atoms with Crippen LogP contribution in [-0.4, -0.2) is 43.3 Å². The van der Waals surface area contributed by atoms with Gasteiger partial charge >= 0.3 is 0 Å². The van der Waals surface area contributed by atoms with E-state index in [1.807, 2.05) is 18.2 Å². The summed E-state index contributed by atoms with van der Waals surface area (Å²) in [6.45, 7) is 3.32. The highest BCUT2D eigenvalue weighted by Gasteiger charge is 2.21. The first kappa shape index (κ1) is 18.0. The normalized spacial score (nSPS) is 14.1. The number of benzene rings is 2. The first-order chi connectivity index (χ1) is 13.7. The average molecular weight is 379 g/mol. The van der Waals surface area contributed by atoms with Crippen LogP contribution in [0.15, 0.2) is 60.8 Å². The Bertz CT molecular complexity index is 943. The van der Waals surface area contributed by atoms with Crippen molar-refractivity contribution in [2.24, 2.45) is 0 Å². The van der Waals surface area contributed by atoms with Gasteiger partial charge in [-0.1, -0.05) is 18.2 Å². The lowest BCUT2D eigenvalue weighted by atomic mass is 10.2. The zero-order valence-corrected chi connectivity index (χ0v) is 15.7. The van der Waals surface area contributed by atoms with E-state index in [1.165, 1.54) is 12.1 Å². The number of nitrogens with zero attached hydrogens (tertiary/aromatic N) is 4. The molecule has 0 spiro atoms. The highest BCUT2D eigenvalue weighted by Crippen LogP contribution is 2.29. The van der Waals surface area contributed by atoms with Gasteiger partial charge in [-0.3, -0.25) is 0 Å². The van der Waals surface area contributed by atoms with E-state index in [4.69, 9.17) is 4.74 Å². The topological polar surface area (TPSA) is 53.5 Å². The number of nitrogens with one attached hydrogen (secondary N) is 1. The van der Waals surface area contributed by atoms with Gasteiger partial charge in [0.2, 0.25) is 5.95 Å². The lowest BCUT2D eigenvalue weighted by molar-refractivity contribution is 0.413. The minimum atomic E-state index is -0.285. The van der Waals surface area contributed by atoms with Gasteiger partial charge in [0.15, 0.2) is 0 Å². The van der Waals surface area contributed by atoms with Gasteiger partial charge in [-0.05, 0) is 36.4 Å². The van der Waals surface area contributed by atoms with Crippen LogP contribution in [0.4, 0.5) is 27.5 Å². The van der Waals surface area contributed by atoms with Gasteiger partial charge < -0.3 is 19.9 Å². The number of aromatic nitrogens is 2. The molecular formula is C21H22FN5O. The van der Waals surface area contributed by atoms with Crippen LogP contribution in [0.1, 0.15) is 0 Å². The molecule has 4 rings (SSSR count). The number of hydrogen-bond donors (Lipinski definition) is 1. The summed E-state index contributed by atoms with van der Waals surface area (Å²) in [5.41, 5.74) is 1.76. The van der Waals surface area contributed by atoms with Crippen LogP contribution < -0.4 is 19.9 Å². The molecule has 1 aliphatic rings. The molecule has 144 valence electrons. The Morgan fingerprint density at radius 1 is 0.964 bits per heavy atom. The van der Waals surface area contributed by atoms with Crippen molar-refractivity contribution in [3.8, 4) is 5.75 Å². The molecule has 0 unspecified atom stereocenters. The van der Waals surface area contributed by atoms with Gasteiger partial charge in [-0.2, -0.15) is 4.98 Å². The van der Waals surface area contributed by atoms with Crippen LogP contribution in [-0.2, 0) is 0 Å².